The third-order valence-corrected chi connectivity index (χ3v) is 3.07. The third kappa shape index (κ3) is 3.12. The molecule has 0 saturated carbocycles. The van der Waals surface area contributed by atoms with Crippen molar-refractivity contribution in [2.24, 2.45) is 5.73 Å². The van der Waals surface area contributed by atoms with E-state index in [-0.39, 0.29) is 17.8 Å². The first kappa shape index (κ1) is 13.1. The van der Waals surface area contributed by atoms with Crippen molar-refractivity contribution in [3.8, 4) is 0 Å². The molecule has 0 aliphatic rings. The summed E-state index contributed by atoms with van der Waals surface area (Å²) in [6.07, 6.45) is 2.56. The number of carboxylic acid groups (broad SMARTS) is 1. The zero-order valence-corrected chi connectivity index (χ0v) is 10.5. The first-order valence-corrected chi connectivity index (χ1v) is 6.12. The molecule has 2 aromatic heterocycles. The monoisotopic (exact) mass is 278 g/mol. The second kappa shape index (κ2) is 5.55. The van der Waals surface area contributed by atoms with E-state index >= 15 is 0 Å². The second-order valence-electron chi connectivity index (χ2n) is 3.55. The lowest BCUT2D eigenvalue weighted by atomic mass is 10.2. The topological polar surface area (TPSA) is 118 Å². The molecule has 0 atom stereocenters. The minimum absolute atomic E-state index is 0.00118. The average molecular weight is 278 g/mol. The molecule has 0 unspecified atom stereocenters. The molecule has 2 aromatic rings. The van der Waals surface area contributed by atoms with Crippen LogP contribution >= 0.6 is 11.3 Å². The zero-order chi connectivity index (χ0) is 13.8. The highest BCUT2D eigenvalue weighted by atomic mass is 32.1. The SMILES string of the molecule is NCc1nc(C(=O)Nc2cncc(C(=O)O)c2)cs1. The van der Waals surface area contributed by atoms with Crippen LogP contribution in [0.15, 0.2) is 23.8 Å². The lowest BCUT2D eigenvalue weighted by molar-refractivity contribution is 0.0696. The van der Waals surface area contributed by atoms with Gasteiger partial charge in [0.25, 0.3) is 5.91 Å². The van der Waals surface area contributed by atoms with E-state index in [1.165, 1.54) is 29.8 Å². The number of thiazole rings is 1. The number of aromatic nitrogens is 2. The standard InChI is InChI=1S/C11H10N4O3S/c12-2-9-15-8(5-19-9)10(16)14-7-1-6(11(17)18)3-13-4-7/h1,3-5H,2,12H2,(H,14,16)(H,17,18). The van der Waals surface area contributed by atoms with Crippen LogP contribution in [0.4, 0.5) is 5.69 Å². The predicted octanol–water partition coefficient (Wildman–Crippen LogP) is 0.947. The fourth-order valence-corrected chi connectivity index (χ4v) is 1.98. The molecule has 2 heterocycles. The van der Waals surface area contributed by atoms with Crippen LogP contribution in [-0.2, 0) is 6.54 Å². The van der Waals surface area contributed by atoms with E-state index in [2.05, 4.69) is 15.3 Å². The Morgan fingerprint density at radius 3 is 2.84 bits per heavy atom. The number of aromatic carboxylic acids is 1. The summed E-state index contributed by atoms with van der Waals surface area (Å²) in [6.45, 7) is 0.272. The maximum absolute atomic E-state index is 11.8. The summed E-state index contributed by atoms with van der Waals surface area (Å²) in [5.41, 5.74) is 5.95. The van der Waals surface area contributed by atoms with E-state index < -0.39 is 11.9 Å². The maximum atomic E-state index is 11.8. The van der Waals surface area contributed by atoms with Crippen molar-refractivity contribution in [1.29, 1.82) is 0 Å². The molecular formula is C11H10N4O3S. The van der Waals surface area contributed by atoms with Crippen molar-refractivity contribution in [1.82, 2.24) is 9.97 Å². The van der Waals surface area contributed by atoms with E-state index in [0.717, 1.165) is 0 Å². The number of carbonyl (C=O) groups is 2. The van der Waals surface area contributed by atoms with Gasteiger partial charge in [-0.2, -0.15) is 0 Å². The van der Waals surface area contributed by atoms with Gasteiger partial charge in [-0.1, -0.05) is 0 Å². The van der Waals surface area contributed by atoms with Crippen molar-refractivity contribution in [3.63, 3.8) is 0 Å². The highest BCUT2D eigenvalue weighted by Crippen LogP contribution is 2.13. The van der Waals surface area contributed by atoms with Gasteiger partial charge in [-0.05, 0) is 6.07 Å². The van der Waals surface area contributed by atoms with Gasteiger partial charge < -0.3 is 16.2 Å². The maximum Gasteiger partial charge on any atom is 0.337 e. The van der Waals surface area contributed by atoms with Gasteiger partial charge in [0.05, 0.1) is 17.4 Å². The van der Waals surface area contributed by atoms with Gasteiger partial charge in [-0.15, -0.1) is 11.3 Å². The minimum atomic E-state index is -1.11. The molecule has 19 heavy (non-hydrogen) atoms. The molecule has 98 valence electrons. The van der Waals surface area contributed by atoms with E-state index in [1.54, 1.807) is 5.38 Å². The van der Waals surface area contributed by atoms with E-state index in [9.17, 15) is 9.59 Å². The number of carbonyl (C=O) groups excluding carboxylic acids is 1. The van der Waals surface area contributed by atoms with Crippen LogP contribution in [0.3, 0.4) is 0 Å². The Labute approximate surface area is 112 Å². The molecule has 0 aliphatic heterocycles. The third-order valence-electron chi connectivity index (χ3n) is 2.20. The summed E-state index contributed by atoms with van der Waals surface area (Å²) in [5.74, 6) is -1.54. The number of nitrogens with zero attached hydrogens (tertiary/aromatic N) is 2. The number of nitrogens with one attached hydrogen (secondary N) is 1. The Morgan fingerprint density at radius 2 is 2.21 bits per heavy atom. The normalized spacial score (nSPS) is 10.2. The van der Waals surface area contributed by atoms with Gasteiger partial charge in [0, 0.05) is 18.1 Å². The fraction of sp³-hybridized carbons (Fsp3) is 0.0909. The summed E-state index contributed by atoms with van der Waals surface area (Å²) < 4.78 is 0. The lowest BCUT2D eigenvalue weighted by Crippen LogP contribution is -2.13. The van der Waals surface area contributed by atoms with Crippen molar-refractivity contribution in [2.45, 2.75) is 6.54 Å². The van der Waals surface area contributed by atoms with Crippen molar-refractivity contribution < 1.29 is 14.7 Å². The Kier molecular flexibility index (Phi) is 3.83. The van der Waals surface area contributed by atoms with Gasteiger partial charge in [0.2, 0.25) is 0 Å². The number of rotatable bonds is 4. The number of amides is 1. The smallest absolute Gasteiger partial charge is 0.337 e. The molecule has 8 heteroatoms. The molecule has 4 N–H and O–H groups in total. The molecule has 0 bridgehead atoms. The van der Waals surface area contributed by atoms with Gasteiger partial charge in [-0.3, -0.25) is 9.78 Å². The summed E-state index contributed by atoms with van der Waals surface area (Å²) >= 11 is 1.29. The van der Waals surface area contributed by atoms with Crippen LogP contribution in [0.5, 0.6) is 0 Å². The molecule has 0 spiro atoms. The number of pyridine rings is 1. The number of nitrogens with two attached hydrogens (primary N) is 1. The Morgan fingerprint density at radius 1 is 1.42 bits per heavy atom. The molecule has 0 radical (unpaired) electrons. The van der Waals surface area contributed by atoms with Crippen molar-refractivity contribution >= 4 is 28.9 Å². The number of hydrogen-bond acceptors (Lipinski definition) is 6. The molecule has 1 amide bonds. The molecule has 0 aromatic carbocycles. The summed E-state index contributed by atoms with van der Waals surface area (Å²) in [7, 11) is 0. The van der Waals surface area contributed by atoms with Crippen LogP contribution in [0.25, 0.3) is 0 Å². The Hall–Kier alpha value is -2.32. The summed E-state index contributed by atoms with van der Waals surface area (Å²) in [4.78, 5) is 30.4. The zero-order valence-electron chi connectivity index (χ0n) is 9.66. The fourth-order valence-electron chi connectivity index (χ4n) is 1.33. The average Bonchev–Trinajstić information content (AvgIpc) is 2.88. The predicted molar refractivity (Wildman–Crippen MR) is 69.2 cm³/mol. The van der Waals surface area contributed by atoms with Gasteiger partial charge in [0.15, 0.2) is 0 Å². The Balaban J connectivity index is 2.14. The van der Waals surface area contributed by atoms with Crippen LogP contribution in [0, 0.1) is 0 Å². The van der Waals surface area contributed by atoms with Gasteiger partial charge in [0.1, 0.15) is 10.7 Å². The first-order valence-electron chi connectivity index (χ1n) is 5.24. The second-order valence-corrected chi connectivity index (χ2v) is 4.49. The quantitative estimate of drug-likeness (QED) is 0.766. The first-order chi connectivity index (χ1) is 9.10. The van der Waals surface area contributed by atoms with Crippen molar-refractivity contribution in [2.75, 3.05) is 5.32 Å². The molecule has 0 fully saturated rings. The van der Waals surface area contributed by atoms with Crippen LogP contribution in [0.1, 0.15) is 25.9 Å². The van der Waals surface area contributed by atoms with E-state index in [1.807, 2.05) is 0 Å². The molecular weight excluding hydrogens is 268 g/mol. The largest absolute Gasteiger partial charge is 0.478 e. The lowest BCUT2D eigenvalue weighted by Gasteiger charge is -2.03. The molecule has 7 nitrogen and oxygen atoms in total. The van der Waals surface area contributed by atoms with Gasteiger partial charge in [-0.25, -0.2) is 9.78 Å². The molecule has 2 rings (SSSR count). The van der Waals surface area contributed by atoms with Crippen LogP contribution in [0.2, 0.25) is 0 Å². The summed E-state index contributed by atoms with van der Waals surface area (Å²) in [6, 6.07) is 1.32. The highest BCUT2D eigenvalue weighted by molar-refractivity contribution is 7.09. The van der Waals surface area contributed by atoms with E-state index in [4.69, 9.17) is 10.8 Å². The van der Waals surface area contributed by atoms with Crippen LogP contribution < -0.4 is 11.1 Å². The van der Waals surface area contributed by atoms with Crippen LogP contribution in [-0.4, -0.2) is 27.0 Å². The molecule has 0 saturated heterocycles. The Bertz CT molecular complexity index is 626. The minimum Gasteiger partial charge on any atom is -0.478 e. The summed E-state index contributed by atoms with van der Waals surface area (Å²) in [5, 5.41) is 13.6. The highest BCUT2D eigenvalue weighted by Gasteiger charge is 2.12. The number of carboxylic acids is 1. The van der Waals surface area contributed by atoms with Crippen molar-refractivity contribution in [3.05, 3.63) is 40.1 Å². The van der Waals surface area contributed by atoms with Gasteiger partial charge >= 0.3 is 5.97 Å². The molecule has 0 aliphatic carbocycles. The number of hydrogen-bond donors (Lipinski definition) is 3. The van der Waals surface area contributed by atoms with E-state index in [0.29, 0.717) is 10.7 Å². The number of anilines is 1.